The molecule has 1 aromatic heterocycles. The highest BCUT2D eigenvalue weighted by Gasteiger charge is 2.35. The van der Waals surface area contributed by atoms with Crippen molar-refractivity contribution in [2.45, 2.75) is 55.6 Å². The van der Waals surface area contributed by atoms with Gasteiger partial charge in [0.25, 0.3) is 0 Å². The van der Waals surface area contributed by atoms with Gasteiger partial charge in [-0.25, -0.2) is 4.68 Å². The molecule has 2 atom stereocenters. The van der Waals surface area contributed by atoms with Crippen LogP contribution in [0.1, 0.15) is 38.3 Å². The Morgan fingerprint density at radius 1 is 1.35 bits per heavy atom. The molecule has 0 bridgehead atoms. The summed E-state index contributed by atoms with van der Waals surface area (Å²) in [4.78, 5) is 14.9. The van der Waals surface area contributed by atoms with E-state index in [1.807, 2.05) is 34.7 Å². The highest BCUT2D eigenvalue weighted by molar-refractivity contribution is 8.00. The van der Waals surface area contributed by atoms with Crippen LogP contribution in [0.5, 0.6) is 0 Å². The van der Waals surface area contributed by atoms with Gasteiger partial charge >= 0.3 is 0 Å². The van der Waals surface area contributed by atoms with Crippen molar-refractivity contribution in [3.05, 3.63) is 29.8 Å². The van der Waals surface area contributed by atoms with Gasteiger partial charge in [0.1, 0.15) is 0 Å². The predicted molar refractivity (Wildman–Crippen MR) is 88.5 cm³/mol. The van der Waals surface area contributed by atoms with Crippen molar-refractivity contribution in [2.24, 2.45) is 0 Å². The van der Waals surface area contributed by atoms with Crippen LogP contribution in [0, 0.1) is 0 Å². The Morgan fingerprint density at radius 3 is 2.91 bits per heavy atom. The minimum atomic E-state index is -0.216. The van der Waals surface area contributed by atoms with Crippen LogP contribution in [0.2, 0.25) is 0 Å². The summed E-state index contributed by atoms with van der Waals surface area (Å²) in [6, 6.07) is 8.76. The van der Waals surface area contributed by atoms with E-state index in [0.717, 1.165) is 30.1 Å². The number of amides is 1. The van der Waals surface area contributed by atoms with E-state index in [1.165, 1.54) is 17.3 Å². The normalized spacial score (nSPS) is 21.3. The van der Waals surface area contributed by atoms with Crippen molar-refractivity contribution >= 4 is 23.4 Å². The summed E-state index contributed by atoms with van der Waals surface area (Å²) in [5.74, 6) is 0.123. The van der Waals surface area contributed by atoms with Crippen LogP contribution in [-0.4, -0.2) is 37.4 Å². The molecular formula is C16H19N5OS. The van der Waals surface area contributed by atoms with Crippen molar-refractivity contribution in [1.29, 1.82) is 0 Å². The zero-order valence-corrected chi connectivity index (χ0v) is 14.0. The Balaban J connectivity index is 1.53. The molecule has 7 heteroatoms. The zero-order chi connectivity index (χ0) is 16.0. The lowest BCUT2D eigenvalue weighted by Crippen LogP contribution is -2.40. The van der Waals surface area contributed by atoms with Crippen LogP contribution in [0.4, 0.5) is 5.69 Å². The number of para-hydroxylation sites is 1. The van der Waals surface area contributed by atoms with Crippen molar-refractivity contribution < 1.29 is 4.79 Å². The van der Waals surface area contributed by atoms with Crippen LogP contribution in [0.3, 0.4) is 0 Å². The average Bonchev–Trinajstić information content (AvgIpc) is 3.19. The number of carbonyl (C=O) groups is 1. The fourth-order valence-corrected chi connectivity index (χ4v) is 4.02. The monoisotopic (exact) mass is 329 g/mol. The summed E-state index contributed by atoms with van der Waals surface area (Å²) >= 11 is 1.45. The van der Waals surface area contributed by atoms with E-state index in [1.54, 1.807) is 0 Å². The summed E-state index contributed by atoms with van der Waals surface area (Å²) in [6.07, 6.45) is 3.16. The number of nitrogens with zero attached hydrogens (tertiary/aromatic N) is 5. The molecule has 1 saturated carbocycles. The van der Waals surface area contributed by atoms with E-state index in [-0.39, 0.29) is 17.2 Å². The van der Waals surface area contributed by atoms with Crippen LogP contribution >= 0.6 is 11.8 Å². The Kier molecular flexibility index (Phi) is 3.60. The molecule has 0 spiro atoms. The maximum absolute atomic E-state index is 13.0. The number of rotatable bonds is 4. The number of anilines is 1. The number of hydrogen-bond donors (Lipinski definition) is 0. The van der Waals surface area contributed by atoms with Gasteiger partial charge in [0.15, 0.2) is 0 Å². The molecule has 23 heavy (non-hydrogen) atoms. The van der Waals surface area contributed by atoms with Gasteiger partial charge in [-0.2, -0.15) is 0 Å². The Bertz CT molecular complexity index is 742. The van der Waals surface area contributed by atoms with Gasteiger partial charge < -0.3 is 4.90 Å². The molecule has 1 fully saturated rings. The molecule has 1 aliphatic carbocycles. The summed E-state index contributed by atoms with van der Waals surface area (Å²) in [5.41, 5.74) is 2.28. The van der Waals surface area contributed by atoms with Crippen molar-refractivity contribution in [1.82, 2.24) is 20.2 Å². The third-order valence-corrected chi connectivity index (χ3v) is 5.46. The highest BCUT2D eigenvalue weighted by Crippen LogP contribution is 2.38. The fourth-order valence-electron chi connectivity index (χ4n) is 3.12. The molecule has 0 radical (unpaired) electrons. The van der Waals surface area contributed by atoms with E-state index in [2.05, 4.69) is 28.5 Å². The molecule has 0 N–H and O–H groups in total. The minimum Gasteiger partial charge on any atom is -0.308 e. The van der Waals surface area contributed by atoms with Gasteiger partial charge in [-0.3, -0.25) is 4.79 Å². The number of tetrazole rings is 1. The second-order valence-corrected chi connectivity index (χ2v) is 7.60. The first-order valence-corrected chi connectivity index (χ1v) is 8.88. The molecule has 0 saturated heterocycles. The van der Waals surface area contributed by atoms with Gasteiger partial charge in [0.05, 0.1) is 11.3 Å². The van der Waals surface area contributed by atoms with Crippen LogP contribution in [-0.2, 0) is 11.2 Å². The predicted octanol–water partition coefficient (Wildman–Crippen LogP) is 2.47. The standard InChI is InChI=1S/C16H19N5OS/c1-10-9-12-5-3-4-6-14(12)20(10)15(22)11(2)23-16-17-18-19-21(16)13-7-8-13/h3-6,10-11,13H,7-9H2,1-2H3. The molecule has 1 aliphatic heterocycles. The quantitative estimate of drug-likeness (QED) is 0.806. The van der Waals surface area contributed by atoms with E-state index in [4.69, 9.17) is 0 Å². The average molecular weight is 329 g/mol. The summed E-state index contributed by atoms with van der Waals surface area (Å²) < 4.78 is 1.86. The third-order valence-electron chi connectivity index (χ3n) is 4.43. The molecular weight excluding hydrogens is 310 g/mol. The van der Waals surface area contributed by atoms with E-state index < -0.39 is 0 Å². The van der Waals surface area contributed by atoms with Gasteiger partial charge in [-0.05, 0) is 55.2 Å². The maximum Gasteiger partial charge on any atom is 0.240 e. The van der Waals surface area contributed by atoms with Crippen LogP contribution < -0.4 is 4.90 Å². The topological polar surface area (TPSA) is 63.9 Å². The van der Waals surface area contributed by atoms with E-state index in [0.29, 0.717) is 6.04 Å². The molecule has 1 amide bonds. The fraction of sp³-hybridized carbons (Fsp3) is 0.500. The molecule has 1 aromatic carbocycles. The molecule has 4 rings (SSSR count). The van der Waals surface area contributed by atoms with Gasteiger partial charge in [-0.15, -0.1) is 5.10 Å². The lowest BCUT2D eigenvalue weighted by atomic mass is 10.1. The first-order chi connectivity index (χ1) is 11.1. The highest BCUT2D eigenvalue weighted by atomic mass is 32.2. The molecule has 6 nitrogen and oxygen atoms in total. The van der Waals surface area contributed by atoms with Crippen LogP contribution in [0.15, 0.2) is 29.4 Å². The van der Waals surface area contributed by atoms with E-state index in [9.17, 15) is 4.79 Å². The number of hydrogen-bond acceptors (Lipinski definition) is 5. The molecule has 2 aliphatic rings. The second-order valence-electron chi connectivity index (χ2n) is 6.29. The minimum absolute atomic E-state index is 0.123. The van der Waals surface area contributed by atoms with Crippen LogP contribution in [0.25, 0.3) is 0 Å². The number of benzene rings is 1. The second kappa shape index (κ2) is 5.63. The zero-order valence-electron chi connectivity index (χ0n) is 13.2. The number of fused-ring (bicyclic) bond motifs is 1. The molecule has 2 aromatic rings. The maximum atomic E-state index is 13.0. The summed E-state index contributed by atoms with van der Waals surface area (Å²) in [5, 5.41) is 12.4. The van der Waals surface area contributed by atoms with Crippen molar-refractivity contribution in [3.63, 3.8) is 0 Å². The van der Waals surface area contributed by atoms with Gasteiger partial charge in [0, 0.05) is 11.7 Å². The van der Waals surface area contributed by atoms with Gasteiger partial charge in [-0.1, -0.05) is 30.0 Å². The number of aromatic nitrogens is 4. The Hall–Kier alpha value is -1.89. The van der Waals surface area contributed by atoms with Gasteiger partial charge in [0.2, 0.25) is 11.1 Å². The molecule has 120 valence electrons. The number of carbonyl (C=O) groups excluding carboxylic acids is 1. The lowest BCUT2D eigenvalue weighted by molar-refractivity contribution is -0.118. The summed E-state index contributed by atoms with van der Waals surface area (Å²) in [6.45, 7) is 4.04. The molecule has 2 unspecified atom stereocenters. The van der Waals surface area contributed by atoms with Crippen molar-refractivity contribution in [2.75, 3.05) is 4.90 Å². The smallest absolute Gasteiger partial charge is 0.240 e. The van der Waals surface area contributed by atoms with E-state index >= 15 is 0 Å². The Labute approximate surface area is 139 Å². The Morgan fingerprint density at radius 2 is 2.13 bits per heavy atom. The SMILES string of the molecule is CC(Sc1nnnn1C1CC1)C(=O)N1c2ccccc2CC1C. The number of thioether (sulfide) groups is 1. The lowest BCUT2D eigenvalue weighted by Gasteiger charge is -2.25. The first-order valence-electron chi connectivity index (χ1n) is 8.00. The first kappa shape index (κ1) is 14.7. The van der Waals surface area contributed by atoms with Crippen molar-refractivity contribution in [3.8, 4) is 0 Å². The summed E-state index contributed by atoms with van der Waals surface area (Å²) in [7, 11) is 0. The third kappa shape index (κ3) is 2.63. The largest absolute Gasteiger partial charge is 0.308 e. The molecule has 2 heterocycles.